The SMILES string of the molecule is CC1CN(CC2Cc3cc(Cl)ccc3O2)CCC1O. The molecule has 2 aliphatic rings. The Morgan fingerprint density at radius 2 is 2.32 bits per heavy atom. The molecule has 0 aliphatic carbocycles. The van der Waals surface area contributed by atoms with Gasteiger partial charge in [0.15, 0.2) is 0 Å². The molecular formula is C15H20ClNO2. The molecule has 0 amide bonds. The number of hydrogen-bond acceptors (Lipinski definition) is 3. The summed E-state index contributed by atoms with van der Waals surface area (Å²) >= 11 is 6.00. The van der Waals surface area contributed by atoms with Crippen molar-refractivity contribution in [2.24, 2.45) is 5.92 Å². The molecule has 1 aromatic rings. The lowest BCUT2D eigenvalue weighted by Crippen LogP contribution is -2.45. The smallest absolute Gasteiger partial charge is 0.123 e. The van der Waals surface area contributed by atoms with Gasteiger partial charge >= 0.3 is 0 Å². The van der Waals surface area contributed by atoms with E-state index in [1.165, 1.54) is 5.56 Å². The van der Waals surface area contributed by atoms with Crippen LogP contribution in [0.25, 0.3) is 0 Å². The lowest BCUT2D eigenvalue weighted by atomic mass is 9.96. The molecule has 2 heterocycles. The van der Waals surface area contributed by atoms with Crippen LogP contribution >= 0.6 is 11.6 Å². The largest absolute Gasteiger partial charge is 0.488 e. The van der Waals surface area contributed by atoms with Gasteiger partial charge in [-0.25, -0.2) is 0 Å². The Balaban J connectivity index is 1.59. The molecule has 3 unspecified atom stereocenters. The van der Waals surface area contributed by atoms with Crippen LogP contribution in [-0.2, 0) is 6.42 Å². The lowest BCUT2D eigenvalue weighted by molar-refractivity contribution is 0.0218. The standard InChI is InChI=1S/C15H20ClNO2/c1-10-8-17(5-4-14(10)18)9-13-7-11-6-12(16)2-3-15(11)19-13/h2-3,6,10,13-14,18H,4-5,7-9H2,1H3. The molecule has 1 aromatic carbocycles. The van der Waals surface area contributed by atoms with Crippen LogP contribution < -0.4 is 4.74 Å². The molecule has 1 saturated heterocycles. The van der Waals surface area contributed by atoms with Crippen LogP contribution in [0.15, 0.2) is 18.2 Å². The number of ether oxygens (including phenoxy) is 1. The molecule has 0 saturated carbocycles. The normalized spacial score (nSPS) is 31.0. The highest BCUT2D eigenvalue weighted by Crippen LogP contribution is 2.31. The monoisotopic (exact) mass is 281 g/mol. The van der Waals surface area contributed by atoms with Crippen molar-refractivity contribution in [3.63, 3.8) is 0 Å². The number of aliphatic hydroxyl groups is 1. The van der Waals surface area contributed by atoms with Crippen LogP contribution in [-0.4, -0.2) is 41.8 Å². The fourth-order valence-electron chi connectivity index (χ4n) is 3.06. The van der Waals surface area contributed by atoms with Crippen LogP contribution in [0.5, 0.6) is 5.75 Å². The second-order valence-electron chi connectivity index (χ2n) is 5.79. The molecule has 0 aromatic heterocycles. The van der Waals surface area contributed by atoms with E-state index in [2.05, 4.69) is 11.8 Å². The zero-order valence-corrected chi connectivity index (χ0v) is 11.9. The van der Waals surface area contributed by atoms with Crippen molar-refractivity contribution >= 4 is 11.6 Å². The van der Waals surface area contributed by atoms with Gasteiger partial charge in [-0.1, -0.05) is 18.5 Å². The predicted octanol–water partition coefficient (Wildman–Crippen LogP) is 2.35. The van der Waals surface area contributed by atoms with Crippen molar-refractivity contribution in [2.45, 2.75) is 32.0 Å². The minimum absolute atomic E-state index is 0.142. The van der Waals surface area contributed by atoms with Gasteiger partial charge in [0.25, 0.3) is 0 Å². The van der Waals surface area contributed by atoms with Gasteiger partial charge in [0.05, 0.1) is 6.10 Å². The molecule has 0 spiro atoms. The quantitative estimate of drug-likeness (QED) is 0.903. The minimum Gasteiger partial charge on any atom is -0.488 e. The van der Waals surface area contributed by atoms with E-state index in [0.29, 0.717) is 5.92 Å². The molecule has 3 rings (SSSR count). The number of nitrogens with zero attached hydrogens (tertiary/aromatic N) is 1. The van der Waals surface area contributed by atoms with Crippen molar-refractivity contribution in [3.8, 4) is 5.75 Å². The molecule has 3 nitrogen and oxygen atoms in total. The first kappa shape index (κ1) is 13.2. The van der Waals surface area contributed by atoms with E-state index in [0.717, 1.165) is 43.2 Å². The first-order valence-corrected chi connectivity index (χ1v) is 7.35. The summed E-state index contributed by atoms with van der Waals surface area (Å²) in [5.74, 6) is 1.33. The van der Waals surface area contributed by atoms with E-state index in [1.54, 1.807) is 0 Å². The van der Waals surface area contributed by atoms with Crippen LogP contribution in [0.1, 0.15) is 18.9 Å². The Bertz CT molecular complexity index is 465. The van der Waals surface area contributed by atoms with E-state index >= 15 is 0 Å². The molecular weight excluding hydrogens is 262 g/mol. The van der Waals surface area contributed by atoms with Crippen molar-refractivity contribution in [1.82, 2.24) is 4.90 Å². The number of rotatable bonds is 2. The summed E-state index contributed by atoms with van der Waals surface area (Å²) in [6.07, 6.45) is 1.88. The highest BCUT2D eigenvalue weighted by atomic mass is 35.5. The zero-order valence-electron chi connectivity index (χ0n) is 11.2. The lowest BCUT2D eigenvalue weighted by Gasteiger charge is -2.35. The minimum atomic E-state index is -0.142. The molecule has 0 radical (unpaired) electrons. The summed E-state index contributed by atoms with van der Waals surface area (Å²) in [5, 5.41) is 10.5. The van der Waals surface area contributed by atoms with E-state index in [1.807, 2.05) is 18.2 Å². The third-order valence-corrected chi connectivity index (χ3v) is 4.40. The number of fused-ring (bicyclic) bond motifs is 1. The van der Waals surface area contributed by atoms with E-state index in [-0.39, 0.29) is 12.2 Å². The summed E-state index contributed by atoms with van der Waals surface area (Å²) < 4.78 is 5.96. The highest BCUT2D eigenvalue weighted by molar-refractivity contribution is 6.30. The van der Waals surface area contributed by atoms with E-state index in [4.69, 9.17) is 16.3 Å². The molecule has 1 fully saturated rings. The molecule has 0 bridgehead atoms. The van der Waals surface area contributed by atoms with E-state index < -0.39 is 0 Å². The van der Waals surface area contributed by atoms with Crippen LogP contribution in [0.3, 0.4) is 0 Å². The van der Waals surface area contributed by atoms with E-state index in [9.17, 15) is 5.11 Å². The topological polar surface area (TPSA) is 32.7 Å². The number of benzene rings is 1. The third kappa shape index (κ3) is 2.88. The summed E-state index contributed by atoms with van der Waals surface area (Å²) in [7, 11) is 0. The van der Waals surface area contributed by atoms with Crippen molar-refractivity contribution in [1.29, 1.82) is 0 Å². The first-order chi connectivity index (χ1) is 9.11. The van der Waals surface area contributed by atoms with Gasteiger partial charge in [0.1, 0.15) is 11.9 Å². The Labute approximate surface area is 119 Å². The summed E-state index contributed by atoms with van der Waals surface area (Å²) in [6.45, 7) is 4.96. The van der Waals surface area contributed by atoms with Gasteiger partial charge in [-0.15, -0.1) is 0 Å². The average molecular weight is 282 g/mol. The van der Waals surface area contributed by atoms with Gasteiger partial charge in [-0.05, 0) is 36.1 Å². The number of hydrogen-bond donors (Lipinski definition) is 1. The summed E-state index contributed by atoms with van der Waals surface area (Å²) in [4.78, 5) is 2.40. The fourth-order valence-corrected chi connectivity index (χ4v) is 3.26. The summed E-state index contributed by atoms with van der Waals surface area (Å²) in [5.41, 5.74) is 1.21. The second kappa shape index (κ2) is 5.31. The first-order valence-electron chi connectivity index (χ1n) is 6.97. The van der Waals surface area contributed by atoms with Gasteiger partial charge in [-0.3, -0.25) is 4.90 Å². The van der Waals surface area contributed by atoms with Gasteiger partial charge in [-0.2, -0.15) is 0 Å². The van der Waals surface area contributed by atoms with Gasteiger partial charge in [0.2, 0.25) is 0 Å². The Morgan fingerprint density at radius 3 is 3.11 bits per heavy atom. The Morgan fingerprint density at radius 1 is 1.47 bits per heavy atom. The van der Waals surface area contributed by atoms with Gasteiger partial charge in [0, 0.05) is 31.1 Å². The Kier molecular flexibility index (Phi) is 3.70. The zero-order chi connectivity index (χ0) is 13.4. The fraction of sp³-hybridized carbons (Fsp3) is 0.600. The molecule has 19 heavy (non-hydrogen) atoms. The molecule has 3 atom stereocenters. The average Bonchev–Trinajstić information content (AvgIpc) is 2.75. The molecule has 2 aliphatic heterocycles. The summed E-state index contributed by atoms with van der Waals surface area (Å²) in [6, 6.07) is 5.84. The number of likely N-dealkylation sites (tertiary alicyclic amines) is 1. The van der Waals surface area contributed by atoms with Crippen LogP contribution in [0.2, 0.25) is 5.02 Å². The third-order valence-electron chi connectivity index (χ3n) is 4.17. The van der Waals surface area contributed by atoms with Crippen LogP contribution in [0, 0.1) is 5.92 Å². The maximum absolute atomic E-state index is 9.76. The second-order valence-corrected chi connectivity index (χ2v) is 6.23. The van der Waals surface area contributed by atoms with Crippen molar-refractivity contribution in [2.75, 3.05) is 19.6 Å². The van der Waals surface area contributed by atoms with Crippen molar-refractivity contribution < 1.29 is 9.84 Å². The maximum atomic E-state index is 9.76. The highest BCUT2D eigenvalue weighted by Gasteiger charge is 2.29. The molecule has 1 N–H and O–H groups in total. The Hall–Kier alpha value is -0.770. The van der Waals surface area contributed by atoms with Crippen molar-refractivity contribution in [3.05, 3.63) is 28.8 Å². The number of piperidine rings is 1. The van der Waals surface area contributed by atoms with Gasteiger partial charge < -0.3 is 9.84 Å². The molecule has 4 heteroatoms. The molecule has 104 valence electrons. The number of halogens is 1. The predicted molar refractivity (Wildman–Crippen MR) is 75.8 cm³/mol. The van der Waals surface area contributed by atoms with Crippen LogP contribution in [0.4, 0.5) is 0 Å². The number of aliphatic hydroxyl groups excluding tert-OH is 1. The maximum Gasteiger partial charge on any atom is 0.123 e.